The minimum atomic E-state index is -0.569. The van der Waals surface area contributed by atoms with Gasteiger partial charge in [0, 0.05) is 0 Å². The third-order valence-electron chi connectivity index (χ3n) is 8.10. The smallest absolute Gasteiger partial charge is 0.309 e. The Bertz CT molecular complexity index is 723. The van der Waals surface area contributed by atoms with E-state index in [9.17, 15) is 9.90 Å². The maximum Gasteiger partial charge on any atom is 0.309 e. The molecule has 0 atom stereocenters. The second kappa shape index (κ2) is 9.23. The van der Waals surface area contributed by atoms with Crippen LogP contribution in [0.1, 0.15) is 112 Å². The number of rotatable bonds is 13. The maximum atomic E-state index is 11.3. The van der Waals surface area contributed by atoms with Crippen molar-refractivity contribution in [2.24, 2.45) is 10.8 Å². The SMILES string of the molecule is Cc1cc(CCCCCC2(C)CC2)c(CCCCCC2(C(=O)O)CC2)c(C)c1C. The first-order valence-electron chi connectivity index (χ1n) is 12.1. The number of aliphatic carboxylic acids is 1. The van der Waals surface area contributed by atoms with Crippen LogP contribution < -0.4 is 0 Å². The first-order chi connectivity index (χ1) is 13.8. The van der Waals surface area contributed by atoms with Crippen LogP contribution in [0.5, 0.6) is 0 Å². The zero-order valence-corrected chi connectivity index (χ0v) is 19.3. The van der Waals surface area contributed by atoms with Gasteiger partial charge in [-0.1, -0.05) is 38.7 Å². The predicted molar refractivity (Wildman–Crippen MR) is 122 cm³/mol. The van der Waals surface area contributed by atoms with Crippen molar-refractivity contribution in [2.45, 2.75) is 118 Å². The summed E-state index contributed by atoms with van der Waals surface area (Å²) in [6.45, 7) is 9.26. The molecule has 2 nitrogen and oxygen atoms in total. The molecule has 2 fully saturated rings. The predicted octanol–water partition coefficient (Wildman–Crippen LogP) is 7.48. The van der Waals surface area contributed by atoms with Gasteiger partial charge in [-0.2, -0.15) is 0 Å². The molecule has 0 bridgehead atoms. The third kappa shape index (κ3) is 5.86. The number of benzene rings is 1. The van der Waals surface area contributed by atoms with E-state index in [1.165, 1.54) is 68.1 Å². The molecule has 2 heteroatoms. The Morgan fingerprint density at radius 2 is 1.48 bits per heavy atom. The highest BCUT2D eigenvalue weighted by atomic mass is 16.4. The van der Waals surface area contributed by atoms with E-state index in [1.807, 2.05) is 0 Å². The number of unbranched alkanes of at least 4 members (excludes halogenated alkanes) is 4. The molecule has 2 aliphatic carbocycles. The molecule has 0 aromatic heterocycles. The van der Waals surface area contributed by atoms with Gasteiger partial charge < -0.3 is 5.11 Å². The largest absolute Gasteiger partial charge is 0.481 e. The maximum absolute atomic E-state index is 11.3. The Labute approximate surface area is 178 Å². The Morgan fingerprint density at radius 1 is 0.862 bits per heavy atom. The number of hydrogen-bond acceptors (Lipinski definition) is 1. The number of carboxylic acids is 1. The van der Waals surface area contributed by atoms with Gasteiger partial charge in [-0.25, -0.2) is 0 Å². The molecule has 1 aromatic rings. The van der Waals surface area contributed by atoms with Gasteiger partial charge in [0.25, 0.3) is 0 Å². The summed E-state index contributed by atoms with van der Waals surface area (Å²) in [5, 5.41) is 9.34. The van der Waals surface area contributed by atoms with Crippen molar-refractivity contribution in [1.82, 2.24) is 0 Å². The molecule has 2 saturated carbocycles. The van der Waals surface area contributed by atoms with Crippen LogP contribution in [0.3, 0.4) is 0 Å². The molecule has 0 aliphatic heterocycles. The zero-order valence-electron chi connectivity index (χ0n) is 19.3. The van der Waals surface area contributed by atoms with Crippen molar-refractivity contribution < 1.29 is 9.90 Å². The summed E-state index contributed by atoms with van der Waals surface area (Å²) in [4.78, 5) is 11.3. The van der Waals surface area contributed by atoms with Crippen LogP contribution in [0.25, 0.3) is 0 Å². The van der Waals surface area contributed by atoms with Gasteiger partial charge in [0.05, 0.1) is 5.41 Å². The van der Waals surface area contributed by atoms with E-state index >= 15 is 0 Å². The average Bonchev–Trinajstić information content (AvgIpc) is 3.59. The zero-order chi connectivity index (χ0) is 21.1. The van der Waals surface area contributed by atoms with Crippen LogP contribution in [0.15, 0.2) is 6.07 Å². The van der Waals surface area contributed by atoms with Crippen LogP contribution in [0.4, 0.5) is 0 Å². The van der Waals surface area contributed by atoms with Gasteiger partial charge >= 0.3 is 5.97 Å². The molecule has 0 spiro atoms. The fourth-order valence-corrected chi connectivity index (χ4v) is 4.96. The number of carbonyl (C=O) groups is 1. The van der Waals surface area contributed by atoms with E-state index in [1.54, 1.807) is 11.1 Å². The van der Waals surface area contributed by atoms with Crippen molar-refractivity contribution in [3.63, 3.8) is 0 Å². The third-order valence-corrected chi connectivity index (χ3v) is 8.10. The molecule has 2 aliphatic rings. The van der Waals surface area contributed by atoms with E-state index in [2.05, 4.69) is 33.8 Å². The fraction of sp³-hybridized carbons (Fsp3) is 0.741. The Kier molecular flexibility index (Phi) is 7.12. The van der Waals surface area contributed by atoms with Gasteiger partial charge in [-0.15, -0.1) is 0 Å². The second-order valence-corrected chi connectivity index (χ2v) is 10.6. The summed E-state index contributed by atoms with van der Waals surface area (Å²) in [7, 11) is 0. The van der Waals surface area contributed by atoms with Gasteiger partial charge in [-0.05, 0) is 118 Å². The normalized spacial score (nSPS) is 18.6. The van der Waals surface area contributed by atoms with E-state index in [0.29, 0.717) is 5.41 Å². The lowest BCUT2D eigenvalue weighted by Crippen LogP contribution is -2.14. The van der Waals surface area contributed by atoms with Gasteiger partial charge in [0.2, 0.25) is 0 Å². The number of carboxylic acid groups (broad SMARTS) is 1. The highest BCUT2D eigenvalue weighted by molar-refractivity contribution is 5.77. The minimum Gasteiger partial charge on any atom is -0.481 e. The lowest BCUT2D eigenvalue weighted by atomic mass is 9.87. The van der Waals surface area contributed by atoms with Crippen LogP contribution >= 0.6 is 0 Å². The van der Waals surface area contributed by atoms with Gasteiger partial charge in [-0.3, -0.25) is 4.79 Å². The van der Waals surface area contributed by atoms with Crippen molar-refractivity contribution in [3.8, 4) is 0 Å². The van der Waals surface area contributed by atoms with E-state index in [0.717, 1.165) is 38.5 Å². The highest BCUT2D eigenvalue weighted by Gasteiger charge is 2.49. The Morgan fingerprint density at radius 3 is 2.07 bits per heavy atom. The fourth-order valence-electron chi connectivity index (χ4n) is 4.96. The van der Waals surface area contributed by atoms with E-state index in [-0.39, 0.29) is 5.41 Å². The van der Waals surface area contributed by atoms with Crippen LogP contribution in [-0.2, 0) is 17.6 Å². The minimum absolute atomic E-state index is 0.348. The second-order valence-electron chi connectivity index (χ2n) is 10.6. The monoisotopic (exact) mass is 398 g/mol. The Balaban J connectivity index is 1.48. The van der Waals surface area contributed by atoms with Crippen molar-refractivity contribution in [3.05, 3.63) is 33.9 Å². The van der Waals surface area contributed by atoms with Crippen LogP contribution in [-0.4, -0.2) is 11.1 Å². The quantitative estimate of drug-likeness (QED) is 0.350. The summed E-state index contributed by atoms with van der Waals surface area (Å²) in [6.07, 6.45) is 16.8. The summed E-state index contributed by atoms with van der Waals surface area (Å²) in [6, 6.07) is 2.45. The molecule has 29 heavy (non-hydrogen) atoms. The molecule has 0 heterocycles. The molecule has 1 aromatic carbocycles. The number of hydrogen-bond donors (Lipinski definition) is 1. The molecule has 0 amide bonds. The lowest BCUT2D eigenvalue weighted by molar-refractivity contribution is -0.143. The highest BCUT2D eigenvalue weighted by Crippen LogP contribution is 2.50. The van der Waals surface area contributed by atoms with Crippen LogP contribution in [0.2, 0.25) is 0 Å². The molecule has 162 valence electrons. The first kappa shape index (κ1) is 22.4. The molecular formula is C27H42O2. The van der Waals surface area contributed by atoms with E-state index < -0.39 is 5.97 Å². The van der Waals surface area contributed by atoms with Crippen molar-refractivity contribution in [1.29, 1.82) is 0 Å². The topological polar surface area (TPSA) is 37.3 Å². The summed E-state index contributed by atoms with van der Waals surface area (Å²) in [5.74, 6) is -0.569. The van der Waals surface area contributed by atoms with Crippen LogP contribution in [0, 0.1) is 31.6 Å². The molecule has 0 radical (unpaired) electrons. The first-order valence-corrected chi connectivity index (χ1v) is 12.1. The molecule has 0 saturated heterocycles. The Hall–Kier alpha value is -1.31. The summed E-state index contributed by atoms with van der Waals surface area (Å²) < 4.78 is 0. The van der Waals surface area contributed by atoms with Gasteiger partial charge in [0.1, 0.15) is 0 Å². The van der Waals surface area contributed by atoms with Gasteiger partial charge in [0.15, 0.2) is 0 Å². The number of aryl methyl sites for hydroxylation is 2. The summed E-state index contributed by atoms with van der Waals surface area (Å²) >= 11 is 0. The molecular weight excluding hydrogens is 356 g/mol. The van der Waals surface area contributed by atoms with E-state index in [4.69, 9.17) is 0 Å². The van der Waals surface area contributed by atoms with Crippen molar-refractivity contribution in [2.75, 3.05) is 0 Å². The molecule has 0 unspecified atom stereocenters. The standard InChI is InChI=1S/C27H42O2/c1-20-19-23(11-7-5-9-13-26(4)15-16-26)24(22(3)21(20)2)12-8-6-10-14-27(17-18-27)25(28)29/h19H,5-18H2,1-4H3,(H,28,29). The lowest BCUT2D eigenvalue weighted by Gasteiger charge is -2.18. The summed E-state index contributed by atoms with van der Waals surface area (Å²) in [5.41, 5.74) is 7.89. The average molecular weight is 399 g/mol. The molecule has 1 N–H and O–H groups in total. The van der Waals surface area contributed by atoms with Crippen molar-refractivity contribution >= 4 is 5.97 Å². The molecule has 3 rings (SSSR count).